The maximum Gasteiger partial charge on any atom is 0.233 e. The number of carbonyl (C=O) groups excluding carboxylic acids is 1. The van der Waals surface area contributed by atoms with Gasteiger partial charge in [-0.25, -0.2) is 4.98 Å². The number of piperidine rings is 1. The van der Waals surface area contributed by atoms with Gasteiger partial charge in [-0.3, -0.25) is 14.7 Å². The monoisotopic (exact) mass is 494 g/mol. The van der Waals surface area contributed by atoms with Crippen LogP contribution >= 0.6 is 35.3 Å². The van der Waals surface area contributed by atoms with Crippen molar-refractivity contribution in [3.63, 3.8) is 0 Å². The molecule has 0 aromatic carbocycles. The van der Waals surface area contributed by atoms with Crippen LogP contribution in [0.5, 0.6) is 0 Å². The third-order valence-electron chi connectivity index (χ3n) is 4.44. The van der Waals surface area contributed by atoms with Crippen molar-refractivity contribution in [2.24, 2.45) is 4.99 Å². The van der Waals surface area contributed by atoms with Crippen molar-refractivity contribution in [3.05, 3.63) is 15.6 Å². The number of hydrogen-bond acceptors (Lipinski definition) is 5. The lowest BCUT2D eigenvalue weighted by molar-refractivity contribution is -0.122. The number of aromatic nitrogens is 1. The molecule has 1 aromatic heterocycles. The number of nitrogens with one attached hydrogen (secondary N) is 3. The highest BCUT2D eigenvalue weighted by molar-refractivity contribution is 14.0. The second-order valence-electron chi connectivity index (χ2n) is 6.36. The maximum absolute atomic E-state index is 11.4. The fourth-order valence-corrected chi connectivity index (χ4v) is 3.94. The van der Waals surface area contributed by atoms with E-state index in [2.05, 4.69) is 37.8 Å². The summed E-state index contributed by atoms with van der Waals surface area (Å²) >= 11 is 1.77. The van der Waals surface area contributed by atoms with Gasteiger partial charge in [0.05, 0.1) is 17.2 Å². The summed E-state index contributed by atoms with van der Waals surface area (Å²) in [6, 6.07) is 0.402. The normalized spacial score (nSPS) is 16.1. The molecule has 26 heavy (non-hydrogen) atoms. The summed E-state index contributed by atoms with van der Waals surface area (Å²) in [4.78, 5) is 23.8. The fraction of sp³-hybridized carbons (Fsp3) is 0.706. The van der Waals surface area contributed by atoms with Gasteiger partial charge in [0.25, 0.3) is 0 Å². The third-order valence-corrected chi connectivity index (χ3v) is 5.57. The molecular formula is C17H31IN6OS. The molecule has 148 valence electrons. The smallest absolute Gasteiger partial charge is 0.233 e. The van der Waals surface area contributed by atoms with Crippen LogP contribution < -0.4 is 16.0 Å². The quantitative estimate of drug-likeness (QED) is 0.316. The van der Waals surface area contributed by atoms with Crippen LogP contribution in [-0.4, -0.2) is 68.1 Å². The number of rotatable bonds is 6. The molecule has 1 amide bonds. The van der Waals surface area contributed by atoms with Gasteiger partial charge in [-0.15, -0.1) is 35.3 Å². The van der Waals surface area contributed by atoms with Crippen molar-refractivity contribution < 1.29 is 4.79 Å². The summed E-state index contributed by atoms with van der Waals surface area (Å²) in [5, 5.41) is 10.7. The Kier molecular flexibility index (Phi) is 10.4. The number of aryl methyl sites for hydroxylation is 2. The lowest BCUT2D eigenvalue weighted by Gasteiger charge is -2.32. The molecule has 1 aliphatic heterocycles. The van der Waals surface area contributed by atoms with Gasteiger partial charge in [-0.2, -0.15) is 0 Å². The van der Waals surface area contributed by atoms with Gasteiger partial charge in [-0.05, 0) is 26.7 Å². The Morgan fingerprint density at radius 2 is 2.04 bits per heavy atom. The first-order valence-electron chi connectivity index (χ1n) is 8.84. The summed E-state index contributed by atoms with van der Waals surface area (Å²) in [6.45, 7) is 7.31. The molecule has 0 aliphatic carbocycles. The number of carbonyl (C=O) groups is 1. The zero-order valence-electron chi connectivity index (χ0n) is 16.1. The van der Waals surface area contributed by atoms with E-state index in [1.165, 1.54) is 4.88 Å². The van der Waals surface area contributed by atoms with E-state index in [4.69, 9.17) is 0 Å². The van der Waals surface area contributed by atoms with Crippen molar-refractivity contribution in [1.29, 1.82) is 0 Å². The first kappa shape index (κ1) is 23.1. The Morgan fingerprint density at radius 1 is 1.35 bits per heavy atom. The largest absolute Gasteiger partial charge is 0.358 e. The molecule has 2 heterocycles. The van der Waals surface area contributed by atoms with Gasteiger partial charge in [-0.1, -0.05) is 0 Å². The zero-order valence-corrected chi connectivity index (χ0v) is 19.2. The summed E-state index contributed by atoms with van der Waals surface area (Å²) in [5.74, 6) is 0.932. The second-order valence-corrected chi connectivity index (χ2v) is 7.65. The van der Waals surface area contributed by atoms with Crippen molar-refractivity contribution >= 4 is 47.2 Å². The Bertz CT molecular complexity index is 598. The Balaban J connectivity index is 0.00000338. The van der Waals surface area contributed by atoms with E-state index >= 15 is 0 Å². The number of thiazole rings is 1. The molecule has 9 heteroatoms. The Hall–Kier alpha value is -0.940. The summed E-state index contributed by atoms with van der Waals surface area (Å²) in [6.07, 6.45) is 3.00. The standard InChI is InChI=1S/C17H30N6OS.HI/c1-12-15(25-13(2)21-12)5-8-20-17(19-4)22-14-6-9-23(10-7-14)11-16(24)18-3;/h14H,5-11H2,1-4H3,(H,18,24)(H2,19,20,22);1H. The molecule has 0 atom stereocenters. The fourth-order valence-electron chi connectivity index (χ4n) is 3.01. The van der Waals surface area contributed by atoms with Crippen LogP contribution in [0.2, 0.25) is 0 Å². The van der Waals surface area contributed by atoms with Gasteiger partial charge >= 0.3 is 0 Å². The molecule has 7 nitrogen and oxygen atoms in total. The third kappa shape index (κ3) is 7.36. The predicted molar refractivity (Wildman–Crippen MR) is 119 cm³/mol. The van der Waals surface area contributed by atoms with E-state index in [1.54, 1.807) is 25.4 Å². The molecule has 0 bridgehead atoms. The zero-order chi connectivity index (χ0) is 18.2. The number of guanidine groups is 1. The van der Waals surface area contributed by atoms with E-state index in [0.717, 1.165) is 55.6 Å². The van der Waals surface area contributed by atoms with Crippen molar-refractivity contribution in [3.8, 4) is 0 Å². The van der Waals surface area contributed by atoms with Crippen LogP contribution in [0.25, 0.3) is 0 Å². The summed E-state index contributed by atoms with van der Waals surface area (Å²) in [5.41, 5.74) is 1.13. The van der Waals surface area contributed by atoms with E-state index in [9.17, 15) is 4.79 Å². The van der Waals surface area contributed by atoms with Crippen molar-refractivity contribution in [1.82, 2.24) is 25.8 Å². The number of halogens is 1. The molecule has 0 saturated carbocycles. The van der Waals surface area contributed by atoms with E-state index < -0.39 is 0 Å². The van der Waals surface area contributed by atoms with Crippen LogP contribution in [0.4, 0.5) is 0 Å². The lowest BCUT2D eigenvalue weighted by Crippen LogP contribution is -2.50. The number of likely N-dealkylation sites (tertiary alicyclic amines) is 1. The van der Waals surface area contributed by atoms with E-state index in [-0.39, 0.29) is 29.9 Å². The van der Waals surface area contributed by atoms with Crippen molar-refractivity contribution in [2.45, 2.75) is 39.2 Å². The minimum Gasteiger partial charge on any atom is -0.358 e. The number of nitrogens with zero attached hydrogens (tertiary/aromatic N) is 3. The molecule has 1 saturated heterocycles. The van der Waals surface area contributed by atoms with E-state index in [0.29, 0.717) is 12.6 Å². The molecule has 0 radical (unpaired) electrons. The topological polar surface area (TPSA) is 81.7 Å². The molecule has 3 N–H and O–H groups in total. The van der Waals surface area contributed by atoms with Gasteiger partial charge < -0.3 is 16.0 Å². The van der Waals surface area contributed by atoms with Crippen LogP contribution in [-0.2, 0) is 11.2 Å². The molecule has 0 spiro atoms. The Labute approximate surface area is 177 Å². The molecule has 1 aromatic rings. The van der Waals surface area contributed by atoms with E-state index in [1.807, 2.05) is 6.92 Å². The minimum atomic E-state index is 0. The van der Waals surface area contributed by atoms with Gasteiger partial charge in [0.1, 0.15) is 0 Å². The van der Waals surface area contributed by atoms with Crippen LogP contribution in [0.15, 0.2) is 4.99 Å². The number of aliphatic imine (C=N–C) groups is 1. The first-order valence-corrected chi connectivity index (χ1v) is 9.66. The SMILES string of the molecule is CN=C(NCCc1sc(C)nc1C)NC1CCN(CC(=O)NC)CC1.I. The predicted octanol–water partition coefficient (Wildman–Crippen LogP) is 1.30. The highest BCUT2D eigenvalue weighted by Gasteiger charge is 2.21. The molecule has 2 rings (SSSR count). The van der Waals surface area contributed by atoms with Gasteiger partial charge in [0.15, 0.2) is 5.96 Å². The highest BCUT2D eigenvalue weighted by Crippen LogP contribution is 2.17. The maximum atomic E-state index is 11.4. The van der Waals surface area contributed by atoms with Crippen LogP contribution in [0.1, 0.15) is 28.4 Å². The molecule has 1 aliphatic rings. The molecular weight excluding hydrogens is 463 g/mol. The summed E-state index contributed by atoms with van der Waals surface area (Å²) in [7, 11) is 3.49. The van der Waals surface area contributed by atoms with Crippen LogP contribution in [0.3, 0.4) is 0 Å². The van der Waals surface area contributed by atoms with Crippen molar-refractivity contribution in [2.75, 3.05) is 40.3 Å². The molecule has 0 unspecified atom stereocenters. The highest BCUT2D eigenvalue weighted by atomic mass is 127. The minimum absolute atomic E-state index is 0. The van der Waals surface area contributed by atoms with Crippen LogP contribution in [0, 0.1) is 13.8 Å². The first-order chi connectivity index (χ1) is 12.0. The van der Waals surface area contributed by atoms with Gasteiger partial charge in [0.2, 0.25) is 5.91 Å². The van der Waals surface area contributed by atoms with Gasteiger partial charge in [0, 0.05) is 51.1 Å². The molecule has 1 fully saturated rings. The number of amides is 1. The number of hydrogen-bond donors (Lipinski definition) is 3. The average molecular weight is 494 g/mol. The average Bonchev–Trinajstić information content (AvgIpc) is 2.92. The second kappa shape index (κ2) is 11.7. The number of likely N-dealkylation sites (N-methyl/N-ethyl adjacent to an activating group) is 1. The summed E-state index contributed by atoms with van der Waals surface area (Å²) < 4.78 is 0. The lowest BCUT2D eigenvalue weighted by atomic mass is 10.1. The Morgan fingerprint density at radius 3 is 2.58 bits per heavy atom.